The number of hydrogen-bond acceptors (Lipinski definition) is 2. The van der Waals surface area contributed by atoms with Gasteiger partial charge in [0, 0.05) is 18.5 Å². The number of guanidine groups is 1. The Hall–Kier alpha value is -1.26. The lowest BCUT2D eigenvalue weighted by Crippen LogP contribution is -2.39. The summed E-state index contributed by atoms with van der Waals surface area (Å²) in [5.41, 5.74) is 5.82. The van der Waals surface area contributed by atoms with Crippen LogP contribution in [0.5, 0.6) is 0 Å². The van der Waals surface area contributed by atoms with E-state index in [1.807, 2.05) is 0 Å². The summed E-state index contributed by atoms with van der Waals surface area (Å²) in [7, 11) is 0. The van der Waals surface area contributed by atoms with Gasteiger partial charge < -0.3 is 16.4 Å². The normalized spacial score (nSPS) is 17.1. The quantitative estimate of drug-likeness (QED) is 0.342. The van der Waals surface area contributed by atoms with E-state index in [9.17, 15) is 4.79 Å². The van der Waals surface area contributed by atoms with Gasteiger partial charge in [0.15, 0.2) is 5.96 Å². The molecule has 1 unspecified atom stereocenters. The molecule has 20 heavy (non-hydrogen) atoms. The summed E-state index contributed by atoms with van der Waals surface area (Å²) in [5, 5.41) is 6.06. The third kappa shape index (κ3) is 8.02. The molecular weight excluding hydrogens is 252 g/mol. The van der Waals surface area contributed by atoms with Crippen LogP contribution in [0.15, 0.2) is 4.99 Å². The van der Waals surface area contributed by atoms with E-state index in [2.05, 4.69) is 36.4 Å². The third-order valence-corrected chi connectivity index (χ3v) is 3.45. The molecule has 0 spiro atoms. The first-order valence-corrected chi connectivity index (χ1v) is 7.83. The number of carbonyl (C=O) groups excluding carboxylic acids is 1. The van der Waals surface area contributed by atoms with Gasteiger partial charge in [-0.15, -0.1) is 0 Å². The van der Waals surface area contributed by atoms with Crippen molar-refractivity contribution in [2.45, 2.75) is 58.9 Å². The van der Waals surface area contributed by atoms with Gasteiger partial charge in [0.1, 0.15) is 0 Å². The van der Waals surface area contributed by atoms with E-state index in [1.165, 1.54) is 12.8 Å². The minimum absolute atomic E-state index is 0.161. The SMILES string of the molecule is CC(C)CCCC(C)NC(N)=NCCNC(=O)C1CC1. The van der Waals surface area contributed by atoms with Gasteiger partial charge >= 0.3 is 0 Å². The summed E-state index contributed by atoms with van der Waals surface area (Å²) in [6.45, 7) is 7.71. The number of hydrogen-bond donors (Lipinski definition) is 3. The summed E-state index contributed by atoms with van der Waals surface area (Å²) < 4.78 is 0. The smallest absolute Gasteiger partial charge is 0.223 e. The molecule has 0 aromatic heterocycles. The zero-order valence-corrected chi connectivity index (χ0v) is 13.1. The van der Waals surface area contributed by atoms with Crippen molar-refractivity contribution in [3.8, 4) is 0 Å². The number of nitrogens with zero attached hydrogens (tertiary/aromatic N) is 1. The van der Waals surface area contributed by atoms with Crippen LogP contribution in [-0.2, 0) is 4.79 Å². The number of aliphatic imine (C=N–C) groups is 1. The minimum Gasteiger partial charge on any atom is -0.370 e. The third-order valence-electron chi connectivity index (χ3n) is 3.45. The molecule has 0 aromatic carbocycles. The van der Waals surface area contributed by atoms with Crippen LogP contribution in [0.4, 0.5) is 0 Å². The molecule has 1 rings (SSSR count). The molecule has 1 aliphatic carbocycles. The molecule has 1 fully saturated rings. The summed E-state index contributed by atoms with van der Waals surface area (Å²) >= 11 is 0. The number of rotatable bonds is 9. The molecule has 0 bridgehead atoms. The molecule has 5 heteroatoms. The Bertz CT molecular complexity index is 324. The Morgan fingerprint density at radius 1 is 1.30 bits per heavy atom. The lowest BCUT2D eigenvalue weighted by atomic mass is 10.0. The van der Waals surface area contributed by atoms with E-state index in [-0.39, 0.29) is 11.8 Å². The topological polar surface area (TPSA) is 79.5 Å². The lowest BCUT2D eigenvalue weighted by molar-refractivity contribution is -0.122. The molecular formula is C15H30N4O. The molecule has 1 atom stereocenters. The van der Waals surface area contributed by atoms with Crippen LogP contribution in [0.25, 0.3) is 0 Å². The zero-order chi connectivity index (χ0) is 15.0. The van der Waals surface area contributed by atoms with Crippen molar-refractivity contribution in [1.29, 1.82) is 0 Å². The molecule has 1 amide bonds. The van der Waals surface area contributed by atoms with Gasteiger partial charge in [-0.05, 0) is 32.1 Å². The molecule has 0 aromatic rings. The highest BCUT2D eigenvalue weighted by atomic mass is 16.2. The first-order valence-electron chi connectivity index (χ1n) is 7.83. The van der Waals surface area contributed by atoms with Crippen molar-refractivity contribution in [2.24, 2.45) is 22.6 Å². The second kappa shape index (κ2) is 8.82. The average molecular weight is 282 g/mol. The summed E-state index contributed by atoms with van der Waals surface area (Å²) in [6, 6.07) is 0.346. The van der Waals surface area contributed by atoms with Gasteiger partial charge in [-0.2, -0.15) is 0 Å². The van der Waals surface area contributed by atoms with Gasteiger partial charge in [-0.1, -0.05) is 26.7 Å². The summed E-state index contributed by atoms with van der Waals surface area (Å²) in [6.07, 6.45) is 5.62. The van der Waals surface area contributed by atoms with Crippen LogP contribution in [-0.4, -0.2) is 31.0 Å². The number of amides is 1. The van der Waals surface area contributed by atoms with Crippen molar-refractivity contribution in [2.75, 3.05) is 13.1 Å². The maximum absolute atomic E-state index is 11.4. The fraction of sp³-hybridized carbons (Fsp3) is 0.867. The highest BCUT2D eigenvalue weighted by molar-refractivity contribution is 5.81. The maximum Gasteiger partial charge on any atom is 0.223 e. The van der Waals surface area contributed by atoms with Gasteiger partial charge in [0.25, 0.3) is 0 Å². The predicted octanol–water partition coefficient (Wildman–Crippen LogP) is 1.63. The Morgan fingerprint density at radius 2 is 2.00 bits per heavy atom. The second-order valence-corrected chi connectivity index (χ2v) is 6.20. The Kier molecular flexibility index (Phi) is 7.41. The molecule has 116 valence electrons. The van der Waals surface area contributed by atoms with Crippen molar-refractivity contribution in [3.63, 3.8) is 0 Å². The van der Waals surface area contributed by atoms with Gasteiger partial charge in [0.2, 0.25) is 5.91 Å². The van der Waals surface area contributed by atoms with Crippen molar-refractivity contribution >= 4 is 11.9 Å². The van der Waals surface area contributed by atoms with Crippen LogP contribution < -0.4 is 16.4 Å². The minimum atomic E-state index is 0.161. The van der Waals surface area contributed by atoms with E-state index in [0.29, 0.717) is 25.1 Å². The van der Waals surface area contributed by atoms with E-state index in [0.717, 1.165) is 25.2 Å². The monoisotopic (exact) mass is 282 g/mol. The van der Waals surface area contributed by atoms with Crippen LogP contribution in [0, 0.1) is 11.8 Å². The van der Waals surface area contributed by atoms with E-state index in [4.69, 9.17) is 5.73 Å². The highest BCUT2D eigenvalue weighted by Crippen LogP contribution is 2.28. The fourth-order valence-corrected chi connectivity index (χ4v) is 2.05. The molecule has 0 radical (unpaired) electrons. The van der Waals surface area contributed by atoms with Crippen LogP contribution in [0.2, 0.25) is 0 Å². The number of nitrogens with one attached hydrogen (secondary N) is 2. The molecule has 5 nitrogen and oxygen atoms in total. The van der Waals surface area contributed by atoms with E-state index >= 15 is 0 Å². The zero-order valence-electron chi connectivity index (χ0n) is 13.1. The Balaban J connectivity index is 2.05. The summed E-state index contributed by atoms with van der Waals surface area (Å²) in [4.78, 5) is 15.6. The van der Waals surface area contributed by atoms with E-state index in [1.54, 1.807) is 0 Å². The Morgan fingerprint density at radius 3 is 2.60 bits per heavy atom. The molecule has 0 saturated heterocycles. The predicted molar refractivity (Wildman–Crippen MR) is 83.5 cm³/mol. The average Bonchev–Trinajstić information content (AvgIpc) is 3.17. The molecule has 0 aliphatic heterocycles. The molecule has 1 saturated carbocycles. The van der Waals surface area contributed by atoms with Crippen LogP contribution >= 0.6 is 0 Å². The molecule has 4 N–H and O–H groups in total. The standard InChI is InChI=1S/C15H30N4O/c1-11(2)5-4-6-12(3)19-15(16)18-10-9-17-14(20)13-7-8-13/h11-13H,4-10H2,1-3H3,(H,17,20)(H3,16,18,19). The van der Waals surface area contributed by atoms with Crippen molar-refractivity contribution in [3.05, 3.63) is 0 Å². The van der Waals surface area contributed by atoms with Crippen molar-refractivity contribution < 1.29 is 4.79 Å². The second-order valence-electron chi connectivity index (χ2n) is 6.20. The highest BCUT2D eigenvalue weighted by Gasteiger charge is 2.28. The molecule has 1 aliphatic rings. The maximum atomic E-state index is 11.4. The molecule has 0 heterocycles. The van der Waals surface area contributed by atoms with Crippen LogP contribution in [0.1, 0.15) is 52.9 Å². The van der Waals surface area contributed by atoms with E-state index < -0.39 is 0 Å². The van der Waals surface area contributed by atoms with Crippen molar-refractivity contribution in [1.82, 2.24) is 10.6 Å². The summed E-state index contributed by atoms with van der Waals surface area (Å²) in [5.74, 6) is 1.65. The Labute approximate surface area is 122 Å². The number of carbonyl (C=O) groups is 1. The first-order chi connectivity index (χ1) is 9.49. The lowest BCUT2D eigenvalue weighted by Gasteiger charge is -2.15. The van der Waals surface area contributed by atoms with Crippen LogP contribution in [0.3, 0.4) is 0 Å². The first kappa shape index (κ1) is 16.8. The van der Waals surface area contributed by atoms with Gasteiger partial charge in [-0.3, -0.25) is 9.79 Å². The van der Waals surface area contributed by atoms with Gasteiger partial charge in [0.05, 0.1) is 6.54 Å². The van der Waals surface area contributed by atoms with Gasteiger partial charge in [-0.25, -0.2) is 0 Å². The largest absolute Gasteiger partial charge is 0.370 e. The number of nitrogens with two attached hydrogens (primary N) is 1. The fourth-order valence-electron chi connectivity index (χ4n) is 2.05.